The maximum Gasteiger partial charge on any atom is 0.328 e. The van der Waals surface area contributed by atoms with Gasteiger partial charge in [0.1, 0.15) is 6.04 Å². The standard InChI is InChI=1S/C23H25N3O4/c1-30-23(29)20(14-17-15-25-19-11-6-5-10-18(17)19)26-21(27)12-7-13-24-22(28)16-8-3-2-4-9-16/h2-6,8-11,15,20,25H,7,12-14H2,1H3,(H,24,28)(H,26,27). The van der Waals surface area contributed by atoms with Gasteiger partial charge in [-0.25, -0.2) is 4.79 Å². The first-order chi connectivity index (χ1) is 14.6. The van der Waals surface area contributed by atoms with Crippen molar-refractivity contribution in [3.8, 4) is 0 Å². The Bertz CT molecular complexity index is 1010. The summed E-state index contributed by atoms with van der Waals surface area (Å²) < 4.78 is 4.86. The molecule has 0 radical (unpaired) electrons. The number of H-pyrrole nitrogens is 1. The number of amides is 2. The van der Waals surface area contributed by atoms with Crippen molar-refractivity contribution >= 4 is 28.7 Å². The maximum absolute atomic E-state index is 12.3. The lowest BCUT2D eigenvalue weighted by atomic mass is 10.0. The second kappa shape index (κ2) is 10.2. The Morgan fingerprint density at radius 2 is 1.77 bits per heavy atom. The Kier molecular flexibility index (Phi) is 7.21. The minimum absolute atomic E-state index is 0.178. The predicted octanol–water partition coefficient (Wildman–Crippen LogP) is 2.58. The van der Waals surface area contributed by atoms with Crippen LogP contribution < -0.4 is 10.6 Å². The highest BCUT2D eigenvalue weighted by atomic mass is 16.5. The zero-order valence-electron chi connectivity index (χ0n) is 16.8. The minimum Gasteiger partial charge on any atom is -0.467 e. The van der Waals surface area contributed by atoms with Crippen LogP contribution in [0.1, 0.15) is 28.8 Å². The fraction of sp³-hybridized carbons (Fsp3) is 0.261. The molecule has 0 saturated heterocycles. The molecule has 3 aromatic rings. The van der Waals surface area contributed by atoms with Crippen molar-refractivity contribution in [1.82, 2.24) is 15.6 Å². The summed E-state index contributed by atoms with van der Waals surface area (Å²) in [6.45, 7) is 0.368. The molecule has 7 heteroatoms. The lowest BCUT2D eigenvalue weighted by Crippen LogP contribution is -2.43. The van der Waals surface area contributed by atoms with E-state index in [1.807, 2.05) is 36.5 Å². The lowest BCUT2D eigenvalue weighted by Gasteiger charge is -2.16. The number of carbonyl (C=O) groups excluding carboxylic acids is 3. The van der Waals surface area contributed by atoms with Crippen LogP contribution in [0, 0.1) is 0 Å². The summed E-state index contributed by atoms with van der Waals surface area (Å²) in [6.07, 6.45) is 2.82. The van der Waals surface area contributed by atoms with Crippen molar-refractivity contribution < 1.29 is 19.1 Å². The van der Waals surface area contributed by atoms with E-state index in [1.54, 1.807) is 24.3 Å². The van der Waals surface area contributed by atoms with E-state index < -0.39 is 12.0 Å². The number of nitrogens with one attached hydrogen (secondary N) is 3. The molecule has 156 valence electrons. The zero-order valence-corrected chi connectivity index (χ0v) is 16.8. The lowest BCUT2D eigenvalue weighted by molar-refractivity contribution is -0.145. The number of methoxy groups -OCH3 is 1. The number of fused-ring (bicyclic) bond motifs is 1. The Morgan fingerprint density at radius 1 is 1.03 bits per heavy atom. The van der Waals surface area contributed by atoms with Gasteiger partial charge in [-0.3, -0.25) is 9.59 Å². The summed E-state index contributed by atoms with van der Waals surface area (Å²) in [7, 11) is 1.30. The molecule has 1 unspecified atom stereocenters. The van der Waals surface area contributed by atoms with Crippen molar-refractivity contribution in [2.24, 2.45) is 0 Å². The van der Waals surface area contributed by atoms with Crippen LogP contribution in [-0.2, 0) is 20.7 Å². The van der Waals surface area contributed by atoms with Crippen LogP contribution >= 0.6 is 0 Å². The fourth-order valence-electron chi connectivity index (χ4n) is 3.26. The van der Waals surface area contributed by atoms with Crippen molar-refractivity contribution in [3.63, 3.8) is 0 Å². The first-order valence-corrected chi connectivity index (χ1v) is 9.84. The number of para-hydroxylation sites is 1. The van der Waals surface area contributed by atoms with Crippen molar-refractivity contribution in [1.29, 1.82) is 0 Å². The van der Waals surface area contributed by atoms with Gasteiger partial charge in [0, 0.05) is 42.0 Å². The molecule has 0 bridgehead atoms. The summed E-state index contributed by atoms with van der Waals surface area (Å²) in [5, 5.41) is 6.54. The minimum atomic E-state index is -0.777. The molecule has 0 aliphatic carbocycles. The van der Waals surface area contributed by atoms with Gasteiger partial charge in [0.2, 0.25) is 5.91 Å². The number of benzene rings is 2. The van der Waals surface area contributed by atoms with Crippen molar-refractivity contribution in [2.45, 2.75) is 25.3 Å². The summed E-state index contributed by atoms with van der Waals surface area (Å²) in [5.41, 5.74) is 2.47. The fourth-order valence-corrected chi connectivity index (χ4v) is 3.26. The molecule has 3 rings (SSSR count). The van der Waals surface area contributed by atoms with Gasteiger partial charge in [0.05, 0.1) is 7.11 Å². The molecule has 7 nitrogen and oxygen atoms in total. The second-order valence-corrected chi connectivity index (χ2v) is 6.93. The summed E-state index contributed by atoms with van der Waals surface area (Å²) >= 11 is 0. The molecule has 3 N–H and O–H groups in total. The number of esters is 1. The van der Waals surface area contributed by atoms with E-state index in [2.05, 4.69) is 15.6 Å². The highest BCUT2D eigenvalue weighted by molar-refractivity contribution is 5.94. The van der Waals surface area contributed by atoms with Crippen molar-refractivity contribution in [2.75, 3.05) is 13.7 Å². The van der Waals surface area contributed by atoms with Gasteiger partial charge in [0.25, 0.3) is 5.91 Å². The third kappa shape index (κ3) is 5.47. The average Bonchev–Trinajstić information content (AvgIpc) is 3.19. The highest BCUT2D eigenvalue weighted by Crippen LogP contribution is 2.19. The molecular weight excluding hydrogens is 382 g/mol. The topological polar surface area (TPSA) is 100 Å². The zero-order chi connectivity index (χ0) is 21.3. The maximum atomic E-state index is 12.3. The van der Waals surface area contributed by atoms with Crippen LogP contribution in [0.25, 0.3) is 10.9 Å². The monoisotopic (exact) mass is 407 g/mol. The van der Waals surface area contributed by atoms with Gasteiger partial charge in [0.15, 0.2) is 0 Å². The van der Waals surface area contributed by atoms with Crippen LogP contribution in [0.3, 0.4) is 0 Å². The first-order valence-electron chi connectivity index (χ1n) is 9.84. The number of ether oxygens (including phenoxy) is 1. The number of aromatic amines is 1. The number of aromatic nitrogens is 1. The van der Waals surface area contributed by atoms with E-state index >= 15 is 0 Å². The van der Waals surface area contributed by atoms with Crippen LogP contribution in [0.15, 0.2) is 60.8 Å². The highest BCUT2D eigenvalue weighted by Gasteiger charge is 2.23. The smallest absolute Gasteiger partial charge is 0.328 e. The third-order valence-electron chi connectivity index (χ3n) is 4.82. The normalized spacial score (nSPS) is 11.6. The third-order valence-corrected chi connectivity index (χ3v) is 4.82. The number of rotatable bonds is 9. The molecule has 1 atom stereocenters. The first kappa shape index (κ1) is 21.1. The largest absolute Gasteiger partial charge is 0.467 e. The summed E-state index contributed by atoms with van der Waals surface area (Å²) in [5.74, 6) is -0.937. The Balaban J connectivity index is 1.50. The molecule has 0 spiro atoms. The van der Waals surface area contributed by atoms with Crippen LogP contribution in [0.4, 0.5) is 0 Å². The molecular formula is C23H25N3O4. The Labute approximate surface area is 174 Å². The molecule has 1 heterocycles. The molecule has 30 heavy (non-hydrogen) atoms. The number of carbonyl (C=O) groups is 3. The van der Waals surface area contributed by atoms with Crippen LogP contribution in [0.2, 0.25) is 0 Å². The van der Waals surface area contributed by atoms with E-state index in [9.17, 15) is 14.4 Å². The van der Waals surface area contributed by atoms with E-state index in [1.165, 1.54) is 7.11 Å². The molecule has 0 aliphatic heterocycles. The van der Waals surface area contributed by atoms with Gasteiger partial charge in [-0.05, 0) is 30.2 Å². The van der Waals surface area contributed by atoms with Gasteiger partial charge in [-0.2, -0.15) is 0 Å². The van der Waals surface area contributed by atoms with Gasteiger partial charge < -0.3 is 20.4 Å². The second-order valence-electron chi connectivity index (χ2n) is 6.93. The Morgan fingerprint density at radius 3 is 2.53 bits per heavy atom. The number of hydrogen-bond acceptors (Lipinski definition) is 4. The van der Waals surface area contributed by atoms with Gasteiger partial charge in [-0.1, -0.05) is 36.4 Å². The Hall–Kier alpha value is -3.61. The van der Waals surface area contributed by atoms with Gasteiger partial charge in [-0.15, -0.1) is 0 Å². The average molecular weight is 407 g/mol. The SMILES string of the molecule is COC(=O)C(Cc1c[nH]c2ccccc12)NC(=O)CCCNC(=O)c1ccccc1. The molecule has 0 fully saturated rings. The summed E-state index contributed by atoms with van der Waals surface area (Å²) in [4.78, 5) is 39.7. The number of hydrogen-bond donors (Lipinski definition) is 3. The molecule has 1 aromatic heterocycles. The molecule has 0 saturated carbocycles. The van der Waals surface area contributed by atoms with Gasteiger partial charge >= 0.3 is 5.97 Å². The van der Waals surface area contributed by atoms with E-state index in [-0.39, 0.29) is 18.2 Å². The molecule has 0 aliphatic rings. The van der Waals surface area contributed by atoms with Crippen LogP contribution in [-0.4, -0.2) is 42.5 Å². The van der Waals surface area contributed by atoms with E-state index in [0.29, 0.717) is 24.9 Å². The van der Waals surface area contributed by atoms with Crippen molar-refractivity contribution in [3.05, 3.63) is 71.9 Å². The van der Waals surface area contributed by atoms with Crippen LogP contribution in [0.5, 0.6) is 0 Å². The quantitative estimate of drug-likeness (QED) is 0.375. The molecule has 2 amide bonds. The van der Waals surface area contributed by atoms with E-state index in [4.69, 9.17) is 4.74 Å². The van der Waals surface area contributed by atoms with E-state index in [0.717, 1.165) is 16.5 Å². The summed E-state index contributed by atoms with van der Waals surface area (Å²) in [6, 6.07) is 15.9. The predicted molar refractivity (Wildman–Crippen MR) is 114 cm³/mol. The molecule has 2 aromatic carbocycles.